The number of rotatable bonds is 3. The largest absolute Gasteiger partial charge is 0.359 e. The molecule has 1 N–H and O–H groups in total. The van der Waals surface area contributed by atoms with Crippen LogP contribution >= 0.6 is 0 Å². The average molecular weight is 181 g/mol. The zero-order valence-electron chi connectivity index (χ0n) is 8.29. The highest BCUT2D eigenvalue weighted by Gasteiger charge is 2.04. The van der Waals surface area contributed by atoms with Crippen molar-refractivity contribution in [3.05, 3.63) is 17.7 Å². The average Bonchev–Trinajstić information content (AvgIpc) is 2.44. The van der Waals surface area contributed by atoms with Crippen molar-refractivity contribution < 1.29 is 4.79 Å². The number of imidazole rings is 1. The predicted molar refractivity (Wildman–Crippen MR) is 50.3 cm³/mol. The molecule has 0 saturated heterocycles. The summed E-state index contributed by atoms with van der Waals surface area (Å²) < 4.78 is 2.00. The van der Waals surface area contributed by atoms with Crippen LogP contribution in [0.5, 0.6) is 0 Å². The molecule has 1 heterocycles. The zero-order chi connectivity index (χ0) is 9.84. The van der Waals surface area contributed by atoms with Gasteiger partial charge in [-0.3, -0.25) is 4.79 Å². The van der Waals surface area contributed by atoms with Gasteiger partial charge in [-0.05, 0) is 13.3 Å². The van der Waals surface area contributed by atoms with Gasteiger partial charge < -0.3 is 9.88 Å². The van der Waals surface area contributed by atoms with E-state index in [2.05, 4.69) is 10.3 Å². The van der Waals surface area contributed by atoms with Crippen molar-refractivity contribution in [2.45, 2.75) is 19.8 Å². The third-order valence-corrected chi connectivity index (χ3v) is 2.20. The van der Waals surface area contributed by atoms with Gasteiger partial charge in [0.05, 0.1) is 0 Å². The van der Waals surface area contributed by atoms with Crippen LogP contribution in [0.3, 0.4) is 0 Å². The lowest BCUT2D eigenvalue weighted by Gasteiger charge is -2.02. The minimum absolute atomic E-state index is 0.0684. The van der Waals surface area contributed by atoms with Crippen LogP contribution in [0.15, 0.2) is 6.20 Å². The van der Waals surface area contributed by atoms with Crippen molar-refractivity contribution in [3.63, 3.8) is 0 Å². The van der Waals surface area contributed by atoms with Crippen molar-refractivity contribution in [2.75, 3.05) is 7.05 Å². The second-order valence-corrected chi connectivity index (χ2v) is 3.03. The van der Waals surface area contributed by atoms with Gasteiger partial charge in [-0.1, -0.05) is 0 Å². The van der Waals surface area contributed by atoms with Gasteiger partial charge in [-0.2, -0.15) is 0 Å². The molecule has 0 aliphatic rings. The fourth-order valence-electron chi connectivity index (χ4n) is 1.15. The van der Waals surface area contributed by atoms with Gasteiger partial charge in [0.25, 0.3) is 0 Å². The first-order chi connectivity index (χ1) is 6.15. The number of aryl methyl sites for hydroxylation is 2. The highest BCUT2D eigenvalue weighted by atomic mass is 16.1. The Morgan fingerprint density at radius 1 is 1.69 bits per heavy atom. The van der Waals surface area contributed by atoms with E-state index in [1.807, 2.05) is 24.7 Å². The molecule has 0 radical (unpaired) electrons. The molecule has 1 rings (SSSR count). The number of aromatic nitrogens is 2. The van der Waals surface area contributed by atoms with Gasteiger partial charge >= 0.3 is 0 Å². The lowest BCUT2D eigenvalue weighted by atomic mass is 10.2. The molecule has 0 spiro atoms. The molecule has 4 nitrogen and oxygen atoms in total. The van der Waals surface area contributed by atoms with Gasteiger partial charge in [-0.25, -0.2) is 4.98 Å². The number of carbonyl (C=O) groups is 1. The van der Waals surface area contributed by atoms with E-state index in [-0.39, 0.29) is 5.91 Å². The van der Waals surface area contributed by atoms with Crippen LogP contribution < -0.4 is 5.32 Å². The van der Waals surface area contributed by atoms with Crippen molar-refractivity contribution in [1.29, 1.82) is 0 Å². The van der Waals surface area contributed by atoms with Gasteiger partial charge in [0.15, 0.2) is 0 Å². The second kappa shape index (κ2) is 4.07. The van der Waals surface area contributed by atoms with E-state index >= 15 is 0 Å². The molecule has 0 unspecified atom stereocenters. The molecule has 0 aliphatic carbocycles. The smallest absolute Gasteiger partial charge is 0.220 e. The van der Waals surface area contributed by atoms with Crippen LogP contribution in [-0.4, -0.2) is 22.5 Å². The topological polar surface area (TPSA) is 46.9 Å². The summed E-state index contributed by atoms with van der Waals surface area (Å²) in [4.78, 5) is 15.1. The molecule has 0 atom stereocenters. The minimum Gasteiger partial charge on any atom is -0.359 e. The van der Waals surface area contributed by atoms with E-state index in [0.29, 0.717) is 6.42 Å². The maximum absolute atomic E-state index is 11.0. The van der Waals surface area contributed by atoms with E-state index in [1.165, 1.54) is 0 Å². The minimum atomic E-state index is 0.0684. The molecule has 0 fully saturated rings. The van der Waals surface area contributed by atoms with E-state index in [4.69, 9.17) is 0 Å². The third-order valence-electron chi connectivity index (χ3n) is 2.20. The van der Waals surface area contributed by atoms with Crippen molar-refractivity contribution in [1.82, 2.24) is 14.9 Å². The summed E-state index contributed by atoms with van der Waals surface area (Å²) in [6.45, 7) is 1.95. The maximum atomic E-state index is 11.0. The number of hydrogen-bond donors (Lipinski definition) is 1. The van der Waals surface area contributed by atoms with E-state index in [0.717, 1.165) is 17.9 Å². The number of carbonyl (C=O) groups excluding carboxylic acids is 1. The van der Waals surface area contributed by atoms with Gasteiger partial charge in [0.2, 0.25) is 5.91 Å². The van der Waals surface area contributed by atoms with Crippen LogP contribution in [0.4, 0.5) is 0 Å². The summed E-state index contributed by atoms with van der Waals surface area (Å²) in [5.74, 6) is 1.05. The van der Waals surface area contributed by atoms with Gasteiger partial charge in [0, 0.05) is 32.4 Å². The van der Waals surface area contributed by atoms with Crippen LogP contribution in [-0.2, 0) is 18.3 Å². The Labute approximate surface area is 78.0 Å². The Hall–Kier alpha value is -1.32. The number of hydrogen-bond acceptors (Lipinski definition) is 2. The van der Waals surface area contributed by atoms with Crippen LogP contribution in [0.25, 0.3) is 0 Å². The molecule has 0 saturated carbocycles. The van der Waals surface area contributed by atoms with Crippen LogP contribution in [0.1, 0.15) is 17.9 Å². The maximum Gasteiger partial charge on any atom is 0.220 e. The molecule has 0 bridgehead atoms. The lowest BCUT2D eigenvalue weighted by molar-refractivity contribution is -0.120. The van der Waals surface area contributed by atoms with Crippen LogP contribution in [0.2, 0.25) is 0 Å². The normalized spacial score (nSPS) is 10.1. The number of amides is 1. The Bertz CT molecular complexity index is 304. The Morgan fingerprint density at radius 2 is 2.38 bits per heavy atom. The first-order valence-corrected chi connectivity index (χ1v) is 4.33. The van der Waals surface area contributed by atoms with E-state index in [1.54, 1.807) is 7.05 Å². The summed E-state index contributed by atoms with van der Waals surface area (Å²) in [6, 6.07) is 0. The monoisotopic (exact) mass is 181 g/mol. The molecule has 13 heavy (non-hydrogen) atoms. The summed E-state index contributed by atoms with van der Waals surface area (Å²) in [5, 5.41) is 2.59. The molecule has 72 valence electrons. The van der Waals surface area contributed by atoms with Crippen LogP contribution in [0, 0.1) is 6.92 Å². The SMILES string of the molecule is CNC(=O)CCc1cnc(C)n1C. The highest BCUT2D eigenvalue weighted by molar-refractivity contribution is 5.75. The molecule has 0 aromatic carbocycles. The van der Waals surface area contributed by atoms with E-state index < -0.39 is 0 Å². The van der Waals surface area contributed by atoms with E-state index in [9.17, 15) is 4.79 Å². The fourth-order valence-corrected chi connectivity index (χ4v) is 1.15. The molecular formula is C9H15N3O. The Balaban J connectivity index is 2.55. The predicted octanol–water partition coefficient (Wildman–Crippen LogP) is 0.407. The molecule has 4 heteroatoms. The first-order valence-electron chi connectivity index (χ1n) is 4.33. The first kappa shape index (κ1) is 9.77. The highest BCUT2D eigenvalue weighted by Crippen LogP contribution is 2.04. The van der Waals surface area contributed by atoms with Crippen molar-refractivity contribution >= 4 is 5.91 Å². The molecule has 1 aromatic heterocycles. The summed E-state index contributed by atoms with van der Waals surface area (Å²) in [6.07, 6.45) is 3.09. The molecule has 1 amide bonds. The summed E-state index contributed by atoms with van der Waals surface area (Å²) in [7, 11) is 3.61. The van der Waals surface area contributed by atoms with Crippen molar-refractivity contribution in [2.24, 2.45) is 7.05 Å². The van der Waals surface area contributed by atoms with Gasteiger partial charge in [0.1, 0.15) is 5.82 Å². The summed E-state index contributed by atoms with van der Waals surface area (Å²) in [5.41, 5.74) is 1.10. The third kappa shape index (κ3) is 2.31. The molecular weight excluding hydrogens is 166 g/mol. The Morgan fingerprint density at radius 3 is 2.85 bits per heavy atom. The lowest BCUT2D eigenvalue weighted by Crippen LogP contribution is -2.18. The molecule has 0 aliphatic heterocycles. The number of nitrogens with zero attached hydrogens (tertiary/aromatic N) is 2. The number of nitrogens with one attached hydrogen (secondary N) is 1. The second-order valence-electron chi connectivity index (χ2n) is 3.03. The quantitative estimate of drug-likeness (QED) is 0.734. The standard InChI is InChI=1S/C9H15N3O/c1-7-11-6-8(12(7)3)4-5-9(13)10-2/h6H,4-5H2,1-3H3,(H,10,13). The van der Waals surface area contributed by atoms with Gasteiger partial charge in [-0.15, -0.1) is 0 Å². The summed E-state index contributed by atoms with van der Waals surface area (Å²) >= 11 is 0. The fraction of sp³-hybridized carbons (Fsp3) is 0.556. The zero-order valence-corrected chi connectivity index (χ0v) is 8.29. The Kier molecular flexibility index (Phi) is 3.06. The van der Waals surface area contributed by atoms with Crippen molar-refractivity contribution in [3.8, 4) is 0 Å². The molecule has 1 aromatic rings.